The van der Waals surface area contributed by atoms with Crippen molar-refractivity contribution in [1.29, 1.82) is 0 Å². The first-order valence-corrected chi connectivity index (χ1v) is 6.73. The number of nitrogens with one attached hydrogen (secondary N) is 1. The van der Waals surface area contributed by atoms with E-state index in [4.69, 9.17) is 0 Å². The van der Waals surface area contributed by atoms with E-state index in [1.54, 1.807) is 6.20 Å². The number of carbonyl (C=O) groups excluding carboxylic acids is 1. The van der Waals surface area contributed by atoms with Gasteiger partial charge in [0.05, 0.1) is 23.6 Å². The van der Waals surface area contributed by atoms with Crippen LogP contribution in [0.4, 0.5) is 0 Å². The molecule has 0 aliphatic carbocycles. The summed E-state index contributed by atoms with van der Waals surface area (Å²) in [5.74, 6) is -0.242. The van der Waals surface area contributed by atoms with Gasteiger partial charge in [-0.25, -0.2) is 4.98 Å². The van der Waals surface area contributed by atoms with Crippen molar-refractivity contribution in [3.05, 3.63) is 47.5 Å². The van der Waals surface area contributed by atoms with Crippen molar-refractivity contribution in [2.24, 2.45) is 0 Å². The second kappa shape index (κ2) is 5.30. The maximum absolute atomic E-state index is 11.9. The van der Waals surface area contributed by atoms with Crippen molar-refractivity contribution in [3.63, 3.8) is 0 Å². The molecule has 3 rings (SSSR count). The number of carbonyl (C=O) groups is 1. The number of amides is 1. The van der Waals surface area contributed by atoms with Crippen LogP contribution in [-0.2, 0) is 6.54 Å². The number of rotatable bonds is 3. The van der Waals surface area contributed by atoms with Crippen LogP contribution in [0.15, 0.2) is 30.6 Å². The van der Waals surface area contributed by atoms with Crippen molar-refractivity contribution in [3.8, 4) is 0 Å². The number of aromatic nitrogens is 4. The lowest BCUT2D eigenvalue weighted by Gasteiger charge is -2.04. The van der Waals surface area contributed by atoms with E-state index in [0.29, 0.717) is 12.2 Å². The molecule has 20 heavy (non-hydrogen) atoms. The lowest BCUT2D eigenvalue weighted by atomic mass is 10.2. The predicted octanol–water partition coefficient (Wildman–Crippen LogP) is 1.72. The summed E-state index contributed by atoms with van der Waals surface area (Å²) in [6.07, 6.45) is 3.04. The molecule has 1 aromatic carbocycles. The van der Waals surface area contributed by atoms with Gasteiger partial charge < -0.3 is 5.32 Å². The van der Waals surface area contributed by atoms with Crippen molar-refractivity contribution < 1.29 is 4.79 Å². The molecule has 0 bridgehead atoms. The summed E-state index contributed by atoms with van der Waals surface area (Å²) in [6, 6.07) is 5.73. The molecule has 0 unspecified atom stereocenters. The molecule has 0 fully saturated rings. The monoisotopic (exact) mass is 285 g/mol. The molecule has 6 nitrogen and oxygen atoms in total. The van der Waals surface area contributed by atoms with E-state index in [1.165, 1.54) is 17.9 Å². The molecule has 100 valence electrons. The van der Waals surface area contributed by atoms with E-state index in [0.717, 1.165) is 22.3 Å². The third-order valence-electron chi connectivity index (χ3n) is 2.78. The quantitative estimate of drug-likeness (QED) is 0.792. The Balaban J connectivity index is 1.69. The molecule has 7 heteroatoms. The fourth-order valence-electron chi connectivity index (χ4n) is 1.72. The Bertz CT molecular complexity index is 753. The van der Waals surface area contributed by atoms with Crippen molar-refractivity contribution >= 4 is 28.7 Å². The Morgan fingerprint density at radius 3 is 2.85 bits per heavy atom. The molecule has 0 aliphatic rings. The number of nitrogens with zero attached hydrogens (tertiary/aromatic N) is 4. The van der Waals surface area contributed by atoms with Gasteiger partial charge in [0.2, 0.25) is 0 Å². The molecule has 2 aromatic heterocycles. The van der Waals surface area contributed by atoms with Crippen LogP contribution in [0.25, 0.3) is 11.0 Å². The summed E-state index contributed by atoms with van der Waals surface area (Å²) in [4.78, 5) is 20.0. The molecular weight excluding hydrogens is 274 g/mol. The molecule has 0 saturated heterocycles. The first kappa shape index (κ1) is 12.6. The highest BCUT2D eigenvalue weighted by molar-refractivity contribution is 7.00. The SMILES string of the molecule is Cc1cnc(C(=O)NCc2ccc3nsnc3c2)cn1. The summed E-state index contributed by atoms with van der Waals surface area (Å²) in [5, 5.41) is 2.81. The van der Waals surface area contributed by atoms with E-state index in [1.807, 2.05) is 25.1 Å². The Kier molecular flexibility index (Phi) is 3.34. The number of hydrogen-bond acceptors (Lipinski definition) is 6. The zero-order valence-electron chi connectivity index (χ0n) is 10.7. The van der Waals surface area contributed by atoms with Crippen LogP contribution in [0.1, 0.15) is 21.7 Å². The summed E-state index contributed by atoms with van der Waals surface area (Å²) in [6.45, 7) is 2.24. The van der Waals surface area contributed by atoms with Crippen molar-refractivity contribution in [1.82, 2.24) is 24.0 Å². The van der Waals surface area contributed by atoms with Crippen LogP contribution in [0.3, 0.4) is 0 Å². The fraction of sp³-hybridized carbons (Fsp3) is 0.154. The zero-order chi connectivity index (χ0) is 13.9. The number of fused-ring (bicyclic) bond motifs is 1. The molecule has 0 radical (unpaired) electrons. The van der Waals surface area contributed by atoms with Crippen LogP contribution in [0.5, 0.6) is 0 Å². The Hall–Kier alpha value is -2.41. The molecule has 1 N–H and O–H groups in total. The van der Waals surface area contributed by atoms with Crippen LogP contribution < -0.4 is 5.32 Å². The number of aryl methyl sites for hydroxylation is 1. The minimum absolute atomic E-state index is 0.242. The number of benzene rings is 1. The van der Waals surface area contributed by atoms with Gasteiger partial charge in [-0.2, -0.15) is 8.75 Å². The summed E-state index contributed by atoms with van der Waals surface area (Å²) in [7, 11) is 0. The van der Waals surface area contributed by atoms with E-state index in [2.05, 4.69) is 24.0 Å². The zero-order valence-corrected chi connectivity index (χ0v) is 11.5. The second-order valence-corrected chi connectivity index (χ2v) is 4.84. The molecule has 0 aliphatic heterocycles. The summed E-state index contributed by atoms with van der Waals surface area (Å²) in [5.41, 5.74) is 3.78. The maximum atomic E-state index is 11.9. The number of hydrogen-bond donors (Lipinski definition) is 1. The van der Waals surface area contributed by atoms with E-state index in [9.17, 15) is 4.79 Å². The highest BCUT2D eigenvalue weighted by Crippen LogP contribution is 2.13. The Morgan fingerprint density at radius 2 is 2.05 bits per heavy atom. The van der Waals surface area contributed by atoms with Crippen molar-refractivity contribution in [2.45, 2.75) is 13.5 Å². The second-order valence-electron chi connectivity index (χ2n) is 4.31. The van der Waals surface area contributed by atoms with Gasteiger partial charge in [0, 0.05) is 12.7 Å². The minimum Gasteiger partial charge on any atom is -0.347 e. The van der Waals surface area contributed by atoms with E-state index < -0.39 is 0 Å². The molecular formula is C13H11N5OS. The molecule has 2 heterocycles. The lowest BCUT2D eigenvalue weighted by molar-refractivity contribution is 0.0945. The van der Waals surface area contributed by atoms with E-state index in [-0.39, 0.29) is 5.91 Å². The average molecular weight is 285 g/mol. The van der Waals surface area contributed by atoms with Crippen LogP contribution in [-0.4, -0.2) is 24.6 Å². The largest absolute Gasteiger partial charge is 0.347 e. The highest BCUT2D eigenvalue weighted by Gasteiger charge is 2.07. The average Bonchev–Trinajstić information content (AvgIpc) is 2.93. The summed E-state index contributed by atoms with van der Waals surface area (Å²) < 4.78 is 8.31. The summed E-state index contributed by atoms with van der Waals surface area (Å²) >= 11 is 1.18. The molecule has 3 aromatic rings. The van der Waals surface area contributed by atoms with Gasteiger partial charge in [-0.15, -0.1) is 0 Å². The Labute approximate surface area is 119 Å². The van der Waals surface area contributed by atoms with Gasteiger partial charge in [-0.05, 0) is 24.6 Å². The lowest BCUT2D eigenvalue weighted by Crippen LogP contribution is -2.24. The molecule has 1 amide bonds. The third kappa shape index (κ3) is 2.62. The predicted molar refractivity (Wildman–Crippen MR) is 75.4 cm³/mol. The molecule has 0 saturated carbocycles. The minimum atomic E-state index is -0.242. The smallest absolute Gasteiger partial charge is 0.271 e. The van der Waals surface area contributed by atoms with Gasteiger partial charge in [0.1, 0.15) is 16.7 Å². The molecule has 0 spiro atoms. The van der Waals surface area contributed by atoms with Crippen LogP contribution >= 0.6 is 11.7 Å². The maximum Gasteiger partial charge on any atom is 0.271 e. The van der Waals surface area contributed by atoms with Crippen LogP contribution in [0.2, 0.25) is 0 Å². The van der Waals surface area contributed by atoms with Gasteiger partial charge in [0.15, 0.2) is 0 Å². The van der Waals surface area contributed by atoms with Gasteiger partial charge >= 0.3 is 0 Å². The normalized spacial score (nSPS) is 10.7. The van der Waals surface area contributed by atoms with Crippen molar-refractivity contribution in [2.75, 3.05) is 0 Å². The topological polar surface area (TPSA) is 80.7 Å². The Morgan fingerprint density at radius 1 is 1.20 bits per heavy atom. The van der Waals surface area contributed by atoms with Crippen LogP contribution in [0, 0.1) is 6.92 Å². The van der Waals surface area contributed by atoms with Gasteiger partial charge in [-0.3, -0.25) is 9.78 Å². The standard InChI is InChI=1S/C13H11N5OS/c1-8-5-15-12(7-14-8)13(19)16-6-9-2-3-10-11(4-9)18-20-17-10/h2-5,7H,6H2,1H3,(H,16,19). The van der Waals surface area contributed by atoms with E-state index >= 15 is 0 Å². The first-order chi connectivity index (χ1) is 9.72. The van der Waals surface area contributed by atoms with Gasteiger partial charge in [-0.1, -0.05) is 6.07 Å². The third-order valence-corrected chi connectivity index (χ3v) is 3.34. The van der Waals surface area contributed by atoms with Gasteiger partial charge in [0.25, 0.3) is 5.91 Å². The first-order valence-electron chi connectivity index (χ1n) is 6.00. The fourth-order valence-corrected chi connectivity index (χ4v) is 2.24. The molecule has 0 atom stereocenters. The highest BCUT2D eigenvalue weighted by atomic mass is 32.1.